The van der Waals surface area contributed by atoms with Gasteiger partial charge in [-0.3, -0.25) is 0 Å². The summed E-state index contributed by atoms with van der Waals surface area (Å²) < 4.78 is 7.32. The number of para-hydroxylation sites is 1. The fourth-order valence-corrected chi connectivity index (χ4v) is 3.17. The summed E-state index contributed by atoms with van der Waals surface area (Å²) in [6.07, 6.45) is 3.99. The zero-order chi connectivity index (χ0) is 17.6. The van der Waals surface area contributed by atoms with E-state index in [1.54, 1.807) is 0 Å². The Balaban J connectivity index is 1.29. The second-order valence-electron chi connectivity index (χ2n) is 6.50. The van der Waals surface area contributed by atoms with Crippen molar-refractivity contribution in [2.24, 2.45) is 0 Å². The van der Waals surface area contributed by atoms with Crippen LogP contribution >= 0.6 is 0 Å². The Morgan fingerprint density at radius 1 is 0.846 bits per heavy atom. The molecule has 0 radical (unpaired) electrons. The maximum absolute atomic E-state index is 5.41. The highest BCUT2D eigenvalue weighted by Gasteiger charge is 2.10. The Labute approximate surface area is 154 Å². The molecular weight excluding hydrogens is 324 g/mol. The number of rotatable bonds is 6. The largest absolute Gasteiger partial charge is 0.378 e. The molecule has 26 heavy (non-hydrogen) atoms. The summed E-state index contributed by atoms with van der Waals surface area (Å²) in [7, 11) is 0. The normalized spacial score (nSPS) is 14.5. The molecule has 4 rings (SSSR count). The summed E-state index contributed by atoms with van der Waals surface area (Å²) in [5.74, 6) is 0. The number of morpholine rings is 1. The van der Waals surface area contributed by atoms with Gasteiger partial charge in [0.25, 0.3) is 0 Å². The van der Waals surface area contributed by atoms with E-state index in [1.165, 1.54) is 16.8 Å². The molecule has 0 atom stereocenters. The summed E-state index contributed by atoms with van der Waals surface area (Å²) >= 11 is 0. The Bertz CT molecular complexity index is 808. The van der Waals surface area contributed by atoms with Crippen molar-refractivity contribution in [3.8, 4) is 5.69 Å². The van der Waals surface area contributed by atoms with Crippen molar-refractivity contribution >= 4 is 5.69 Å². The first kappa shape index (κ1) is 16.8. The predicted molar refractivity (Wildman–Crippen MR) is 104 cm³/mol. The van der Waals surface area contributed by atoms with E-state index in [9.17, 15) is 0 Å². The summed E-state index contributed by atoms with van der Waals surface area (Å²) in [6, 6.07) is 19.0. The molecule has 3 aromatic rings. The lowest BCUT2D eigenvalue weighted by Gasteiger charge is -2.28. The molecule has 1 aliphatic rings. The molecule has 1 aliphatic heterocycles. The first-order chi connectivity index (χ1) is 12.9. The fraction of sp³-hybridized carbons (Fsp3) is 0.286. The van der Waals surface area contributed by atoms with Gasteiger partial charge in [-0.1, -0.05) is 30.3 Å². The minimum absolute atomic E-state index is 0.804. The Kier molecular flexibility index (Phi) is 5.28. The predicted octanol–water partition coefficient (Wildman–Crippen LogP) is 3.00. The van der Waals surface area contributed by atoms with Crippen LogP contribution in [0.2, 0.25) is 0 Å². The van der Waals surface area contributed by atoms with E-state index in [1.807, 2.05) is 29.1 Å². The van der Waals surface area contributed by atoms with Gasteiger partial charge in [0, 0.05) is 43.6 Å². The van der Waals surface area contributed by atoms with Gasteiger partial charge in [0.05, 0.1) is 25.1 Å². The van der Waals surface area contributed by atoms with E-state index >= 15 is 0 Å². The number of nitrogens with zero attached hydrogens (tertiary/aromatic N) is 3. The maximum Gasteiger partial charge on any atom is 0.0645 e. The standard InChI is InChI=1S/C21H24N4O/c1-2-4-21(5-3-1)25-17-19(16-23-25)15-22-14-18-6-8-20(9-7-18)24-10-12-26-13-11-24/h1-9,16-17,22H,10-15H2. The van der Waals surface area contributed by atoms with Gasteiger partial charge in [0.1, 0.15) is 0 Å². The summed E-state index contributed by atoms with van der Waals surface area (Å²) in [4.78, 5) is 2.37. The number of nitrogens with one attached hydrogen (secondary N) is 1. The quantitative estimate of drug-likeness (QED) is 0.744. The van der Waals surface area contributed by atoms with Crippen LogP contribution in [0.5, 0.6) is 0 Å². The molecule has 0 spiro atoms. The van der Waals surface area contributed by atoms with E-state index in [4.69, 9.17) is 4.74 Å². The van der Waals surface area contributed by atoms with E-state index in [0.29, 0.717) is 0 Å². The highest BCUT2D eigenvalue weighted by molar-refractivity contribution is 5.47. The maximum atomic E-state index is 5.41. The molecule has 5 heteroatoms. The minimum Gasteiger partial charge on any atom is -0.378 e. The van der Waals surface area contributed by atoms with Gasteiger partial charge in [-0.05, 0) is 29.8 Å². The summed E-state index contributed by atoms with van der Waals surface area (Å²) in [5, 5.41) is 7.93. The van der Waals surface area contributed by atoms with Crippen molar-refractivity contribution in [3.05, 3.63) is 78.1 Å². The molecule has 5 nitrogen and oxygen atoms in total. The molecule has 1 aromatic heterocycles. The molecule has 1 N–H and O–H groups in total. The lowest BCUT2D eigenvalue weighted by molar-refractivity contribution is 0.122. The Morgan fingerprint density at radius 2 is 1.58 bits per heavy atom. The third-order valence-corrected chi connectivity index (χ3v) is 4.63. The molecule has 134 valence electrons. The monoisotopic (exact) mass is 348 g/mol. The third kappa shape index (κ3) is 4.12. The van der Waals surface area contributed by atoms with Crippen molar-refractivity contribution in [3.63, 3.8) is 0 Å². The molecule has 1 saturated heterocycles. The molecular formula is C21H24N4O. The third-order valence-electron chi connectivity index (χ3n) is 4.63. The van der Waals surface area contributed by atoms with Gasteiger partial charge in [-0.2, -0.15) is 5.10 Å². The summed E-state index contributed by atoms with van der Waals surface area (Å²) in [5.41, 5.74) is 4.83. The van der Waals surface area contributed by atoms with E-state index in [-0.39, 0.29) is 0 Å². The molecule has 0 unspecified atom stereocenters. The van der Waals surface area contributed by atoms with Crippen LogP contribution < -0.4 is 10.2 Å². The molecule has 0 bridgehead atoms. The van der Waals surface area contributed by atoms with Crippen LogP contribution in [0, 0.1) is 0 Å². The summed E-state index contributed by atoms with van der Waals surface area (Å²) in [6.45, 7) is 5.24. The first-order valence-electron chi connectivity index (χ1n) is 9.10. The van der Waals surface area contributed by atoms with Gasteiger partial charge < -0.3 is 15.0 Å². The number of ether oxygens (including phenoxy) is 1. The zero-order valence-electron chi connectivity index (χ0n) is 14.8. The van der Waals surface area contributed by atoms with Crippen molar-refractivity contribution < 1.29 is 4.74 Å². The number of aromatic nitrogens is 2. The lowest BCUT2D eigenvalue weighted by atomic mass is 10.2. The van der Waals surface area contributed by atoms with Crippen LogP contribution in [-0.4, -0.2) is 36.1 Å². The average Bonchev–Trinajstić information content (AvgIpc) is 3.19. The molecule has 0 saturated carbocycles. The van der Waals surface area contributed by atoms with Crippen LogP contribution in [0.1, 0.15) is 11.1 Å². The first-order valence-corrected chi connectivity index (χ1v) is 9.10. The minimum atomic E-state index is 0.804. The SMILES string of the molecule is c1ccc(-n2cc(CNCc3ccc(N4CCOCC4)cc3)cn2)cc1. The van der Waals surface area contributed by atoms with Gasteiger partial charge in [-0.25, -0.2) is 4.68 Å². The van der Waals surface area contributed by atoms with Crippen LogP contribution in [0.4, 0.5) is 5.69 Å². The van der Waals surface area contributed by atoms with E-state index in [0.717, 1.165) is 45.1 Å². The van der Waals surface area contributed by atoms with Gasteiger partial charge in [-0.15, -0.1) is 0 Å². The number of hydrogen-bond acceptors (Lipinski definition) is 4. The number of anilines is 1. The van der Waals surface area contributed by atoms with Crippen LogP contribution in [0.25, 0.3) is 5.69 Å². The van der Waals surface area contributed by atoms with Gasteiger partial charge >= 0.3 is 0 Å². The molecule has 0 amide bonds. The molecule has 2 aromatic carbocycles. The van der Waals surface area contributed by atoms with Crippen LogP contribution in [-0.2, 0) is 17.8 Å². The van der Waals surface area contributed by atoms with Gasteiger partial charge in [0.2, 0.25) is 0 Å². The second-order valence-corrected chi connectivity index (χ2v) is 6.50. The van der Waals surface area contributed by atoms with Crippen LogP contribution in [0.3, 0.4) is 0 Å². The Hall–Kier alpha value is -2.63. The second kappa shape index (κ2) is 8.17. The number of benzene rings is 2. The molecule has 2 heterocycles. The van der Waals surface area contributed by atoms with Gasteiger partial charge in [0.15, 0.2) is 0 Å². The van der Waals surface area contributed by atoms with Crippen molar-refractivity contribution in [1.82, 2.24) is 15.1 Å². The molecule has 0 aliphatic carbocycles. The smallest absolute Gasteiger partial charge is 0.0645 e. The fourth-order valence-electron chi connectivity index (χ4n) is 3.17. The van der Waals surface area contributed by atoms with Crippen LogP contribution in [0.15, 0.2) is 67.0 Å². The topological polar surface area (TPSA) is 42.3 Å². The Morgan fingerprint density at radius 3 is 2.35 bits per heavy atom. The van der Waals surface area contributed by atoms with Crippen molar-refractivity contribution in [2.75, 3.05) is 31.2 Å². The highest BCUT2D eigenvalue weighted by Crippen LogP contribution is 2.16. The van der Waals surface area contributed by atoms with Crippen molar-refractivity contribution in [1.29, 1.82) is 0 Å². The average molecular weight is 348 g/mol. The molecule has 1 fully saturated rings. The van der Waals surface area contributed by atoms with E-state index < -0.39 is 0 Å². The lowest BCUT2D eigenvalue weighted by Crippen LogP contribution is -2.36. The highest BCUT2D eigenvalue weighted by atomic mass is 16.5. The van der Waals surface area contributed by atoms with E-state index in [2.05, 4.69) is 57.9 Å². The number of hydrogen-bond donors (Lipinski definition) is 1. The van der Waals surface area contributed by atoms with Crippen molar-refractivity contribution in [2.45, 2.75) is 13.1 Å². The zero-order valence-corrected chi connectivity index (χ0v) is 14.8.